The van der Waals surface area contributed by atoms with Gasteiger partial charge in [0.2, 0.25) is 17.7 Å². The van der Waals surface area contributed by atoms with Gasteiger partial charge < -0.3 is 40.5 Å². The number of hydrogen-bond acceptors (Lipinski definition) is 15. The van der Waals surface area contributed by atoms with E-state index in [1.165, 1.54) is 20.3 Å². The van der Waals surface area contributed by atoms with Crippen molar-refractivity contribution in [2.75, 3.05) is 25.7 Å². The Bertz CT molecular complexity index is 1370. The van der Waals surface area contributed by atoms with E-state index in [1.54, 1.807) is 0 Å². The number of aromatic hydroxyl groups is 2. The molecule has 2 unspecified atom stereocenters. The number of carboxylic acid groups (broad SMARTS) is 2. The Morgan fingerprint density at radius 2 is 1.39 bits per heavy atom. The van der Waals surface area contributed by atoms with Gasteiger partial charge in [0.05, 0.1) is 36.6 Å². The summed E-state index contributed by atoms with van der Waals surface area (Å²) in [5.41, 5.74) is 0.142. The van der Waals surface area contributed by atoms with Gasteiger partial charge in [-0.25, -0.2) is 14.6 Å². The van der Waals surface area contributed by atoms with Crippen LogP contribution < -0.4 is 20.1 Å². The first-order chi connectivity index (χ1) is 20.7. The summed E-state index contributed by atoms with van der Waals surface area (Å²) in [5.74, 6) is -5.50. The van der Waals surface area contributed by atoms with Crippen molar-refractivity contribution in [2.24, 2.45) is 0 Å². The third kappa shape index (κ3) is 11.4. The largest absolute Gasteiger partial charge is 0.502 e. The maximum absolute atomic E-state index is 13.5. The van der Waals surface area contributed by atoms with Gasteiger partial charge in [-0.2, -0.15) is 15.0 Å². The number of carboxylic acids is 2. The Morgan fingerprint density at radius 3 is 1.89 bits per heavy atom. The van der Waals surface area contributed by atoms with Crippen LogP contribution in [-0.4, -0.2) is 108 Å². The molecule has 44 heavy (non-hydrogen) atoms. The summed E-state index contributed by atoms with van der Waals surface area (Å²) < 4.78 is 10.0. The molecule has 0 spiro atoms. The zero-order valence-corrected chi connectivity index (χ0v) is 25.7. The van der Waals surface area contributed by atoms with Crippen LogP contribution in [0.5, 0.6) is 23.5 Å². The van der Waals surface area contributed by atoms with Gasteiger partial charge >= 0.3 is 17.9 Å². The lowest BCUT2D eigenvalue weighted by atomic mass is 10.1. The van der Waals surface area contributed by atoms with Crippen LogP contribution in [0.2, 0.25) is 0 Å². The van der Waals surface area contributed by atoms with Crippen molar-refractivity contribution in [1.29, 1.82) is 0 Å². The predicted molar refractivity (Wildman–Crippen MR) is 156 cm³/mol. The fourth-order valence-electron chi connectivity index (χ4n) is 3.60. The van der Waals surface area contributed by atoms with Crippen LogP contribution in [0.1, 0.15) is 48.7 Å². The Labute approximate surface area is 259 Å². The smallest absolute Gasteiger partial charge is 0.327 e. The lowest BCUT2D eigenvalue weighted by Gasteiger charge is -2.21. The fourth-order valence-corrected chi connectivity index (χ4v) is 6.06. The summed E-state index contributed by atoms with van der Waals surface area (Å²) >= 11 is 1.95. The first-order valence-electron chi connectivity index (χ1n) is 12.7. The molecule has 6 N–H and O–H groups in total. The maximum Gasteiger partial charge on any atom is 0.327 e. The van der Waals surface area contributed by atoms with Gasteiger partial charge in [-0.05, 0) is 0 Å². The van der Waals surface area contributed by atoms with E-state index in [4.69, 9.17) is 9.47 Å². The molecule has 19 heteroatoms. The molecule has 2 aromatic rings. The van der Waals surface area contributed by atoms with Crippen LogP contribution in [0, 0.1) is 0 Å². The van der Waals surface area contributed by atoms with Gasteiger partial charge in [-0.15, -0.1) is 23.5 Å². The molecule has 4 atom stereocenters. The molecule has 0 aliphatic heterocycles. The van der Waals surface area contributed by atoms with Crippen molar-refractivity contribution in [3.63, 3.8) is 0 Å². The van der Waals surface area contributed by atoms with E-state index in [-0.39, 0.29) is 53.5 Å². The van der Waals surface area contributed by atoms with E-state index in [2.05, 4.69) is 30.6 Å². The van der Waals surface area contributed by atoms with Crippen LogP contribution in [0.4, 0.5) is 0 Å². The van der Waals surface area contributed by atoms with Crippen molar-refractivity contribution in [3.05, 3.63) is 23.8 Å². The quantitative estimate of drug-likeness (QED) is 0.127. The molecule has 0 aliphatic rings. The molecule has 2 heterocycles. The molecule has 0 radical (unpaired) electrons. The number of methoxy groups -OCH3 is 2. The Morgan fingerprint density at radius 1 is 0.841 bits per heavy atom. The normalized spacial score (nSPS) is 13.5. The minimum absolute atomic E-state index is 0.0344. The van der Waals surface area contributed by atoms with Crippen molar-refractivity contribution >= 4 is 53.1 Å². The molecular formula is C25H32N6O11S2. The highest BCUT2D eigenvalue weighted by molar-refractivity contribution is 7.99. The monoisotopic (exact) mass is 656 g/mol. The summed E-state index contributed by atoms with van der Waals surface area (Å²) in [6.45, 7) is 2.32. The number of rotatable bonds is 18. The Balaban J connectivity index is 2.39. The fraction of sp³-hybridized carbons (Fsp3) is 0.480. The predicted octanol–water partition coefficient (Wildman–Crippen LogP) is 0.472. The highest BCUT2D eigenvalue weighted by Crippen LogP contribution is 2.38. The highest BCUT2D eigenvalue weighted by atomic mass is 32.2. The molecule has 0 bridgehead atoms. The van der Waals surface area contributed by atoms with Gasteiger partial charge in [0.25, 0.3) is 5.88 Å². The molecule has 2 amide bonds. The molecule has 0 aromatic carbocycles. The number of ketones is 1. The standard InChI is InChI=1S/C25H32N6O11S2/c1-11(32)27-15(23(37)38)9-43-18(14-7-20(36)30-25(29-14)42-4)5-13(34)6-19(21-26-8-17(35)22(31-21)41-3)44-10-16(24(39)40)28-12(2)33/h7-8,15-16,18-19,35H,5-6,9-10H2,1-4H3,(H,27,32)(H,28,33)(H,37,38)(H,39,40)(H,29,30,36)/t15-,16-,18?,19?/m0/s1. The van der Waals surface area contributed by atoms with Crippen LogP contribution in [0.25, 0.3) is 0 Å². The lowest BCUT2D eigenvalue weighted by Crippen LogP contribution is -2.41. The Kier molecular flexibility index (Phi) is 13.9. The third-order valence-electron chi connectivity index (χ3n) is 5.57. The number of carbonyl (C=O) groups excluding carboxylic acids is 3. The molecule has 0 saturated heterocycles. The number of nitrogens with one attached hydrogen (secondary N) is 2. The number of ether oxygens (including phenoxy) is 2. The van der Waals surface area contributed by atoms with Crippen LogP contribution in [0.15, 0.2) is 12.3 Å². The molecule has 17 nitrogen and oxygen atoms in total. The summed E-state index contributed by atoms with van der Waals surface area (Å²) in [6, 6.07) is -1.61. The highest BCUT2D eigenvalue weighted by Gasteiger charge is 2.29. The van der Waals surface area contributed by atoms with E-state index in [0.29, 0.717) is 0 Å². The molecular weight excluding hydrogens is 624 g/mol. The minimum atomic E-state index is -1.30. The maximum atomic E-state index is 13.5. The van der Waals surface area contributed by atoms with Gasteiger partial charge in [-0.3, -0.25) is 14.4 Å². The molecule has 0 fully saturated rings. The number of amides is 2. The van der Waals surface area contributed by atoms with E-state index in [9.17, 15) is 44.4 Å². The zero-order chi connectivity index (χ0) is 33.0. The van der Waals surface area contributed by atoms with Crippen molar-refractivity contribution in [3.8, 4) is 23.5 Å². The topological polar surface area (TPSA) is 260 Å². The van der Waals surface area contributed by atoms with Crippen LogP contribution in [-0.2, 0) is 24.0 Å². The first kappa shape index (κ1) is 35.8. The number of nitrogens with zero attached hydrogens (tertiary/aromatic N) is 4. The second-order valence-electron chi connectivity index (χ2n) is 9.03. The van der Waals surface area contributed by atoms with Crippen molar-refractivity contribution < 1.29 is 53.9 Å². The Hall–Kier alpha value is -4.39. The summed E-state index contributed by atoms with van der Waals surface area (Å²) in [5, 5.41) is 42.0. The number of carbonyl (C=O) groups is 5. The molecule has 240 valence electrons. The molecule has 2 aromatic heterocycles. The second kappa shape index (κ2) is 17.0. The van der Waals surface area contributed by atoms with Gasteiger partial charge in [-0.1, -0.05) is 0 Å². The van der Waals surface area contributed by atoms with E-state index in [1.807, 2.05) is 0 Å². The van der Waals surface area contributed by atoms with Crippen LogP contribution in [0.3, 0.4) is 0 Å². The SMILES string of the molecule is COc1nc(O)cc(C(CC(=O)CC(SC[C@H](NC(C)=O)C(=O)O)c2ncc(O)c(OC)n2)SC[C@H](NC(C)=O)C(=O)O)n1. The third-order valence-corrected chi connectivity index (χ3v) is 8.21. The van der Waals surface area contributed by atoms with Crippen LogP contribution >= 0.6 is 23.5 Å². The van der Waals surface area contributed by atoms with Crippen molar-refractivity contribution in [2.45, 2.75) is 49.3 Å². The van der Waals surface area contributed by atoms with E-state index < -0.39 is 58.0 Å². The summed E-state index contributed by atoms with van der Waals surface area (Å²) in [6.07, 6.45) is 0.520. The zero-order valence-electron chi connectivity index (χ0n) is 24.0. The average molecular weight is 657 g/mol. The molecule has 0 aliphatic carbocycles. The van der Waals surface area contributed by atoms with Crippen molar-refractivity contribution in [1.82, 2.24) is 30.6 Å². The summed E-state index contributed by atoms with van der Waals surface area (Å²) in [7, 11) is 2.52. The summed E-state index contributed by atoms with van der Waals surface area (Å²) in [4.78, 5) is 76.0. The molecule has 2 rings (SSSR count). The second-order valence-corrected chi connectivity index (χ2v) is 11.5. The van der Waals surface area contributed by atoms with Gasteiger partial charge in [0.1, 0.15) is 23.7 Å². The van der Waals surface area contributed by atoms with E-state index in [0.717, 1.165) is 43.6 Å². The lowest BCUT2D eigenvalue weighted by molar-refractivity contribution is -0.141. The number of aromatic nitrogens is 4. The number of hydrogen-bond donors (Lipinski definition) is 6. The number of thioether (sulfide) groups is 2. The first-order valence-corrected chi connectivity index (χ1v) is 14.8. The number of Topliss-reactive ketones (excluding diaryl/α,β-unsaturated/α-hetero) is 1. The van der Waals surface area contributed by atoms with Gasteiger partial charge in [0.15, 0.2) is 5.75 Å². The minimum Gasteiger partial charge on any atom is -0.502 e. The van der Waals surface area contributed by atoms with Gasteiger partial charge in [0, 0.05) is 44.3 Å². The van der Waals surface area contributed by atoms with E-state index >= 15 is 0 Å². The molecule has 0 saturated carbocycles. The number of aliphatic carboxylic acids is 2. The average Bonchev–Trinajstić information content (AvgIpc) is 2.95.